The summed E-state index contributed by atoms with van der Waals surface area (Å²) in [7, 11) is 0. The lowest BCUT2D eigenvalue weighted by molar-refractivity contribution is -0.928. The minimum atomic E-state index is 0. The van der Waals surface area contributed by atoms with Gasteiger partial charge in [-0.2, -0.15) is 0 Å². The van der Waals surface area contributed by atoms with Gasteiger partial charge in [-0.15, -0.1) is 0 Å². The average Bonchev–Trinajstić information content (AvgIpc) is 2.06. The fourth-order valence-corrected chi connectivity index (χ4v) is 2.57. The molecule has 0 radical (unpaired) electrons. The first-order valence-corrected chi connectivity index (χ1v) is 6.09. The van der Waals surface area contributed by atoms with E-state index in [1.165, 1.54) is 56.3 Å². The zero-order valence-corrected chi connectivity index (χ0v) is 10.1. The second-order valence-corrected chi connectivity index (χ2v) is 4.24. The Morgan fingerprint density at radius 2 is 0.846 bits per heavy atom. The van der Waals surface area contributed by atoms with Crippen LogP contribution in [0.5, 0.6) is 0 Å². The topological polar surface area (TPSA) is 0 Å². The maximum atomic E-state index is 2.31. The first kappa shape index (κ1) is 13.0. The maximum Gasteiger partial charge on any atom is 0.0783 e. The predicted molar refractivity (Wildman–Crippen MR) is 62.0 cm³/mol. The van der Waals surface area contributed by atoms with Crippen molar-refractivity contribution in [3.8, 4) is 0 Å². The molecule has 0 bridgehead atoms. The van der Waals surface area contributed by atoms with Gasteiger partial charge >= 0.3 is 0 Å². The summed E-state index contributed by atoms with van der Waals surface area (Å²) in [6.45, 7) is 14.8. The monoisotopic (exact) mass is 187 g/mol. The van der Waals surface area contributed by atoms with E-state index in [0.717, 1.165) is 0 Å². The molecule has 0 saturated carbocycles. The summed E-state index contributed by atoms with van der Waals surface area (Å²) in [6, 6.07) is 0. The van der Waals surface area contributed by atoms with Crippen LogP contribution in [0.4, 0.5) is 0 Å². The van der Waals surface area contributed by atoms with Crippen LogP contribution in [0, 0.1) is 0 Å². The van der Waals surface area contributed by atoms with Crippen LogP contribution in [0.1, 0.15) is 54.8 Å². The Morgan fingerprint density at radius 1 is 0.615 bits per heavy atom. The Morgan fingerprint density at radius 3 is 1.00 bits per heavy atom. The van der Waals surface area contributed by atoms with Crippen molar-refractivity contribution in [2.75, 3.05) is 26.2 Å². The van der Waals surface area contributed by atoms with E-state index in [2.05, 4.69) is 27.7 Å². The summed E-state index contributed by atoms with van der Waals surface area (Å²) in [5.74, 6) is 0. The third-order valence-corrected chi connectivity index (χ3v) is 2.79. The van der Waals surface area contributed by atoms with Crippen molar-refractivity contribution in [1.82, 2.24) is 0 Å². The highest BCUT2D eigenvalue weighted by Gasteiger charge is 2.22. The molecule has 0 aromatic heterocycles. The molecular weight excluding hydrogens is 158 g/mol. The van der Waals surface area contributed by atoms with E-state index >= 15 is 0 Å². The minimum absolute atomic E-state index is 0. The van der Waals surface area contributed by atoms with Crippen molar-refractivity contribution in [3.63, 3.8) is 0 Å². The molecule has 0 aromatic carbocycles. The summed E-state index contributed by atoms with van der Waals surface area (Å²) in [6.07, 6.45) is 5.33. The summed E-state index contributed by atoms with van der Waals surface area (Å²) < 4.78 is 1.38. The van der Waals surface area contributed by atoms with Crippen LogP contribution in [0.2, 0.25) is 0 Å². The van der Waals surface area contributed by atoms with Crippen LogP contribution in [-0.4, -0.2) is 30.7 Å². The predicted octanol–water partition coefficient (Wildman–Crippen LogP) is 3.56. The number of hydrogen-bond donors (Lipinski definition) is 0. The highest BCUT2D eigenvalue weighted by atomic mass is 15.3. The molecule has 0 aliphatic rings. The summed E-state index contributed by atoms with van der Waals surface area (Å²) >= 11 is 0. The van der Waals surface area contributed by atoms with Crippen molar-refractivity contribution in [3.05, 3.63) is 0 Å². The third-order valence-electron chi connectivity index (χ3n) is 2.79. The zero-order valence-electron chi connectivity index (χ0n) is 11.1. The quantitative estimate of drug-likeness (QED) is 0.510. The molecule has 0 atom stereocenters. The van der Waals surface area contributed by atoms with Crippen LogP contribution in [0.3, 0.4) is 0 Å². The highest BCUT2D eigenvalue weighted by molar-refractivity contribution is 4.43. The fraction of sp³-hybridized carbons (Fsp3) is 1.00. The van der Waals surface area contributed by atoms with E-state index < -0.39 is 0 Å². The lowest BCUT2D eigenvalue weighted by Crippen LogP contribution is -2.50. The molecule has 0 aliphatic heterocycles. The van der Waals surface area contributed by atoms with Gasteiger partial charge in [0, 0.05) is 0 Å². The van der Waals surface area contributed by atoms with Crippen molar-refractivity contribution >= 4 is 0 Å². The van der Waals surface area contributed by atoms with Gasteiger partial charge in [-0.1, -0.05) is 27.7 Å². The molecule has 0 amide bonds. The average molecular weight is 187 g/mol. The summed E-state index contributed by atoms with van der Waals surface area (Å²) in [5.41, 5.74) is 0. The molecule has 0 fully saturated rings. The number of hydrogen-bond acceptors (Lipinski definition) is 0. The molecular formula is C12H29N. The smallest absolute Gasteiger partial charge is 0.0783 e. The molecule has 13 heavy (non-hydrogen) atoms. The first-order valence-electron chi connectivity index (χ1n) is 6.09. The Kier molecular flexibility index (Phi) is 7.35. The molecule has 0 aliphatic carbocycles. The van der Waals surface area contributed by atoms with Crippen LogP contribution >= 0.6 is 0 Å². The normalized spacial score (nSPS) is 12.0. The van der Waals surface area contributed by atoms with Crippen LogP contribution < -0.4 is 0 Å². The zero-order chi connectivity index (χ0) is 10.2. The van der Waals surface area contributed by atoms with E-state index in [9.17, 15) is 0 Å². The molecule has 0 aromatic rings. The molecule has 0 N–H and O–H groups in total. The van der Waals surface area contributed by atoms with E-state index in [0.29, 0.717) is 0 Å². The van der Waals surface area contributed by atoms with Crippen molar-refractivity contribution < 1.29 is 5.91 Å². The first-order chi connectivity index (χ1) is 6.24. The fourth-order valence-electron chi connectivity index (χ4n) is 2.57. The largest absolute Gasteiger partial charge is 1.00 e. The third kappa shape index (κ3) is 4.66. The Hall–Kier alpha value is -0.0400. The highest BCUT2D eigenvalue weighted by Crippen LogP contribution is 2.12. The van der Waals surface area contributed by atoms with Crippen molar-refractivity contribution in [2.45, 2.75) is 53.4 Å². The van der Waals surface area contributed by atoms with E-state index in [1.807, 2.05) is 0 Å². The van der Waals surface area contributed by atoms with E-state index in [1.54, 1.807) is 0 Å². The molecule has 0 saturated heterocycles. The second-order valence-electron chi connectivity index (χ2n) is 4.24. The molecule has 82 valence electrons. The van der Waals surface area contributed by atoms with Gasteiger partial charge in [0.25, 0.3) is 0 Å². The van der Waals surface area contributed by atoms with Gasteiger partial charge in [0.05, 0.1) is 26.2 Å². The molecule has 0 heterocycles. The van der Waals surface area contributed by atoms with Gasteiger partial charge in [0.15, 0.2) is 0 Å². The standard InChI is InChI=1S/C12H28N.H/c1-5-9-13(10-6-2,11-7-3)12-8-4;/h5-12H2,1-4H3;/q+1;-1. The van der Waals surface area contributed by atoms with Gasteiger partial charge in [-0.25, -0.2) is 0 Å². The van der Waals surface area contributed by atoms with Gasteiger partial charge in [0.2, 0.25) is 0 Å². The van der Waals surface area contributed by atoms with Gasteiger partial charge in [0.1, 0.15) is 0 Å². The lowest BCUT2D eigenvalue weighted by Gasteiger charge is -2.38. The molecule has 0 spiro atoms. The SMILES string of the molecule is CCC[N+](CCC)(CCC)CCC.[H-]. The van der Waals surface area contributed by atoms with Gasteiger partial charge < -0.3 is 5.91 Å². The molecule has 1 heteroatoms. The lowest BCUT2D eigenvalue weighted by atomic mass is 10.2. The number of rotatable bonds is 8. The Balaban J connectivity index is 0. The van der Waals surface area contributed by atoms with Crippen molar-refractivity contribution in [2.24, 2.45) is 0 Å². The second kappa shape index (κ2) is 7.37. The van der Waals surface area contributed by atoms with Crippen LogP contribution in [-0.2, 0) is 0 Å². The van der Waals surface area contributed by atoms with E-state index in [-0.39, 0.29) is 1.43 Å². The minimum Gasteiger partial charge on any atom is -1.00 e. The Labute approximate surface area is 86.2 Å². The van der Waals surface area contributed by atoms with Crippen LogP contribution in [0.25, 0.3) is 0 Å². The number of nitrogens with zero attached hydrogens (tertiary/aromatic N) is 1. The molecule has 0 unspecified atom stereocenters. The summed E-state index contributed by atoms with van der Waals surface area (Å²) in [5, 5.41) is 0. The molecule has 1 nitrogen and oxygen atoms in total. The van der Waals surface area contributed by atoms with Crippen molar-refractivity contribution in [1.29, 1.82) is 0 Å². The van der Waals surface area contributed by atoms with Crippen LogP contribution in [0.15, 0.2) is 0 Å². The Bertz CT molecular complexity index is 85.4. The van der Waals surface area contributed by atoms with E-state index in [4.69, 9.17) is 0 Å². The number of quaternary nitrogens is 1. The van der Waals surface area contributed by atoms with Gasteiger partial charge in [-0.05, 0) is 25.7 Å². The maximum absolute atomic E-state index is 2.31. The molecule has 0 rings (SSSR count). The summed E-state index contributed by atoms with van der Waals surface area (Å²) in [4.78, 5) is 0. The van der Waals surface area contributed by atoms with Gasteiger partial charge in [-0.3, -0.25) is 0 Å².